The number of nitrogens with one attached hydrogen (secondary N) is 1. The number of unbranched alkanes of at least 4 members (excludes halogenated alkanes) is 1. The van der Waals surface area contributed by atoms with Crippen LogP contribution < -0.4 is 0 Å². The number of para-hydroxylation sites is 1. The minimum absolute atomic E-state index is 1.15. The lowest BCUT2D eigenvalue weighted by Gasteiger charge is -2.10. The summed E-state index contributed by atoms with van der Waals surface area (Å²) in [6.45, 7) is 2.26. The lowest BCUT2D eigenvalue weighted by atomic mass is 9.96. The van der Waals surface area contributed by atoms with E-state index in [2.05, 4.69) is 65.8 Å². The molecule has 0 aliphatic heterocycles. The van der Waals surface area contributed by atoms with Crippen molar-refractivity contribution < 1.29 is 0 Å². The van der Waals surface area contributed by atoms with E-state index in [0.29, 0.717) is 0 Å². The summed E-state index contributed by atoms with van der Waals surface area (Å²) in [4.78, 5) is 4.94. The highest BCUT2D eigenvalue weighted by Crippen LogP contribution is 2.39. The van der Waals surface area contributed by atoms with Gasteiger partial charge in [-0.25, -0.2) is 0 Å². The number of hydrogen-bond donors (Lipinski definition) is 1. The van der Waals surface area contributed by atoms with Gasteiger partial charge in [0.05, 0.1) is 0 Å². The Labute approximate surface area is 134 Å². The largest absolute Gasteiger partial charge is 0.354 e. The zero-order valence-electron chi connectivity index (χ0n) is 12.7. The minimum atomic E-state index is 1.15. The molecule has 0 amide bonds. The van der Waals surface area contributed by atoms with E-state index in [0.717, 1.165) is 6.42 Å². The first-order valence-corrected chi connectivity index (χ1v) is 8.82. The molecule has 0 atom stereocenters. The Bertz CT molecular complexity index is 916. The molecule has 2 heterocycles. The van der Waals surface area contributed by atoms with Crippen molar-refractivity contribution in [1.29, 1.82) is 0 Å². The quantitative estimate of drug-likeness (QED) is 0.449. The van der Waals surface area contributed by atoms with Crippen molar-refractivity contribution in [1.82, 2.24) is 4.98 Å². The van der Waals surface area contributed by atoms with Crippen LogP contribution in [0.1, 0.15) is 25.3 Å². The fourth-order valence-corrected chi connectivity index (χ4v) is 4.07. The van der Waals surface area contributed by atoms with Crippen LogP contribution in [0.3, 0.4) is 0 Å². The van der Waals surface area contributed by atoms with E-state index >= 15 is 0 Å². The highest BCUT2D eigenvalue weighted by molar-refractivity contribution is 7.13. The van der Waals surface area contributed by atoms with Gasteiger partial charge in [-0.05, 0) is 42.0 Å². The van der Waals surface area contributed by atoms with Gasteiger partial charge < -0.3 is 4.98 Å². The minimum Gasteiger partial charge on any atom is -0.354 e. The maximum absolute atomic E-state index is 3.57. The topological polar surface area (TPSA) is 15.8 Å². The molecule has 0 saturated heterocycles. The number of fused-ring (bicyclic) bond motifs is 3. The molecule has 0 aliphatic rings. The van der Waals surface area contributed by atoms with Gasteiger partial charge in [0, 0.05) is 32.2 Å². The lowest BCUT2D eigenvalue weighted by molar-refractivity contribution is 0.797. The van der Waals surface area contributed by atoms with Gasteiger partial charge in [0.1, 0.15) is 0 Å². The number of aromatic nitrogens is 1. The predicted molar refractivity (Wildman–Crippen MR) is 97.7 cm³/mol. The molecule has 2 aromatic heterocycles. The van der Waals surface area contributed by atoms with Gasteiger partial charge in [0.25, 0.3) is 0 Å². The van der Waals surface area contributed by atoms with Crippen LogP contribution in [0.5, 0.6) is 0 Å². The highest BCUT2D eigenvalue weighted by Gasteiger charge is 2.14. The van der Waals surface area contributed by atoms with Crippen LogP contribution >= 0.6 is 11.3 Å². The van der Waals surface area contributed by atoms with Gasteiger partial charge in [0.15, 0.2) is 0 Å². The van der Waals surface area contributed by atoms with E-state index in [1.54, 1.807) is 0 Å². The number of thiophene rings is 1. The van der Waals surface area contributed by atoms with Crippen molar-refractivity contribution in [2.24, 2.45) is 0 Å². The van der Waals surface area contributed by atoms with Crippen molar-refractivity contribution >= 4 is 33.1 Å². The van der Waals surface area contributed by atoms with Crippen molar-refractivity contribution in [3.05, 3.63) is 59.5 Å². The van der Waals surface area contributed by atoms with Crippen LogP contribution in [0.2, 0.25) is 0 Å². The summed E-state index contributed by atoms with van der Waals surface area (Å²) in [6, 6.07) is 17.6. The molecule has 0 saturated carbocycles. The smallest absolute Gasteiger partial charge is 0.0471 e. The third-order valence-corrected chi connectivity index (χ3v) is 5.21. The normalized spacial score (nSPS) is 11.5. The molecule has 0 bridgehead atoms. The Morgan fingerprint density at radius 3 is 2.68 bits per heavy atom. The van der Waals surface area contributed by atoms with E-state index in [9.17, 15) is 0 Å². The first kappa shape index (κ1) is 13.6. The monoisotopic (exact) mass is 305 g/mol. The SMILES string of the molecule is CCCCc1ccc2[nH]c3ccccc3c2c1-c1cccs1. The predicted octanol–water partition coefficient (Wildman–Crippen LogP) is 6.39. The molecule has 4 aromatic rings. The second-order valence-electron chi connectivity index (χ2n) is 5.77. The average molecular weight is 305 g/mol. The van der Waals surface area contributed by atoms with Crippen LogP contribution in [0.25, 0.3) is 32.2 Å². The molecule has 4 rings (SSSR count). The molecule has 0 radical (unpaired) electrons. The van der Waals surface area contributed by atoms with Gasteiger partial charge in [-0.15, -0.1) is 11.3 Å². The third kappa shape index (κ3) is 2.15. The molecule has 22 heavy (non-hydrogen) atoms. The molecule has 0 spiro atoms. The van der Waals surface area contributed by atoms with E-state index < -0.39 is 0 Å². The molecule has 2 heteroatoms. The summed E-state index contributed by atoms with van der Waals surface area (Å²) in [7, 11) is 0. The second kappa shape index (κ2) is 5.62. The molecule has 1 nitrogen and oxygen atoms in total. The first-order valence-electron chi connectivity index (χ1n) is 7.94. The Hall–Kier alpha value is -2.06. The fraction of sp³-hybridized carbons (Fsp3) is 0.200. The van der Waals surface area contributed by atoms with E-state index in [4.69, 9.17) is 0 Å². The zero-order chi connectivity index (χ0) is 14.9. The number of benzene rings is 2. The van der Waals surface area contributed by atoms with Gasteiger partial charge >= 0.3 is 0 Å². The summed E-state index contributed by atoms with van der Waals surface area (Å²) in [5.74, 6) is 0. The van der Waals surface area contributed by atoms with Crippen LogP contribution in [0.15, 0.2) is 53.9 Å². The van der Waals surface area contributed by atoms with Gasteiger partial charge in [0.2, 0.25) is 0 Å². The zero-order valence-corrected chi connectivity index (χ0v) is 13.5. The molecule has 0 aliphatic carbocycles. The number of aryl methyl sites for hydroxylation is 1. The Morgan fingerprint density at radius 1 is 0.955 bits per heavy atom. The second-order valence-corrected chi connectivity index (χ2v) is 6.72. The van der Waals surface area contributed by atoms with Gasteiger partial charge in [-0.2, -0.15) is 0 Å². The van der Waals surface area contributed by atoms with Crippen LogP contribution in [0.4, 0.5) is 0 Å². The first-order chi connectivity index (χ1) is 10.9. The summed E-state index contributed by atoms with van der Waals surface area (Å²) in [6.07, 6.45) is 3.63. The molecule has 0 fully saturated rings. The summed E-state index contributed by atoms with van der Waals surface area (Å²) in [5, 5.41) is 4.89. The van der Waals surface area contributed by atoms with Crippen LogP contribution in [-0.4, -0.2) is 4.98 Å². The Kier molecular flexibility index (Phi) is 3.47. The third-order valence-electron chi connectivity index (χ3n) is 4.32. The van der Waals surface area contributed by atoms with Gasteiger partial charge in [-0.3, -0.25) is 0 Å². The average Bonchev–Trinajstić information content (AvgIpc) is 3.19. The lowest BCUT2D eigenvalue weighted by Crippen LogP contribution is -1.90. The van der Waals surface area contributed by atoms with Crippen molar-refractivity contribution in [3.63, 3.8) is 0 Å². The molecule has 1 N–H and O–H groups in total. The van der Waals surface area contributed by atoms with E-state index in [1.165, 1.54) is 50.7 Å². The van der Waals surface area contributed by atoms with Gasteiger partial charge in [-0.1, -0.05) is 43.7 Å². The Balaban J connectivity index is 2.08. The van der Waals surface area contributed by atoms with Crippen LogP contribution in [0, 0.1) is 0 Å². The maximum Gasteiger partial charge on any atom is 0.0471 e. The fourth-order valence-electron chi connectivity index (χ4n) is 3.26. The van der Waals surface area contributed by atoms with Crippen molar-refractivity contribution in [2.45, 2.75) is 26.2 Å². The summed E-state index contributed by atoms with van der Waals surface area (Å²) in [5.41, 5.74) is 5.37. The number of hydrogen-bond acceptors (Lipinski definition) is 1. The molecule has 2 aromatic carbocycles. The molecular formula is C20H19NS. The Morgan fingerprint density at radius 2 is 1.86 bits per heavy atom. The van der Waals surface area contributed by atoms with Crippen LogP contribution in [-0.2, 0) is 6.42 Å². The van der Waals surface area contributed by atoms with Crippen molar-refractivity contribution in [2.75, 3.05) is 0 Å². The number of rotatable bonds is 4. The molecule has 110 valence electrons. The van der Waals surface area contributed by atoms with E-state index in [-0.39, 0.29) is 0 Å². The summed E-state index contributed by atoms with van der Waals surface area (Å²) >= 11 is 1.84. The number of aromatic amines is 1. The highest BCUT2D eigenvalue weighted by atomic mass is 32.1. The molecular weight excluding hydrogens is 286 g/mol. The van der Waals surface area contributed by atoms with E-state index in [1.807, 2.05) is 11.3 Å². The molecule has 0 unspecified atom stereocenters. The maximum atomic E-state index is 3.57. The summed E-state index contributed by atoms with van der Waals surface area (Å²) < 4.78 is 0. The van der Waals surface area contributed by atoms with Crippen molar-refractivity contribution in [3.8, 4) is 10.4 Å². The standard InChI is InChI=1S/C20H19NS/c1-2-3-7-14-11-12-17-20(19(14)18-10-6-13-22-18)15-8-4-5-9-16(15)21-17/h4-6,8-13,21H,2-3,7H2,1H3. The number of H-pyrrole nitrogens is 1.